The molecule has 0 aromatic rings. The summed E-state index contributed by atoms with van der Waals surface area (Å²) in [6.45, 7) is 9.90. The normalized spacial score (nSPS) is 13.0. The third-order valence-electron chi connectivity index (χ3n) is 17.1. The molecule has 0 aromatic carbocycles. The Balaban J connectivity index is -0.00000148. The largest absolute Gasteiger partial charge is 2.00 e. The predicted octanol–water partition coefficient (Wildman–Crippen LogP) is 26.2. The van der Waals surface area contributed by atoms with E-state index in [9.17, 15) is 18.9 Å². The van der Waals surface area contributed by atoms with Crippen molar-refractivity contribution in [1.29, 1.82) is 0 Å². The van der Waals surface area contributed by atoms with Gasteiger partial charge in [-0.05, 0) is 25.7 Å². The summed E-state index contributed by atoms with van der Waals surface area (Å²) in [5.41, 5.74) is 0. The van der Waals surface area contributed by atoms with Gasteiger partial charge in [-0.25, -0.2) is 0 Å². The van der Waals surface area contributed by atoms with Crippen LogP contribution in [0.25, 0.3) is 0 Å². The van der Waals surface area contributed by atoms with Crippen molar-refractivity contribution in [2.45, 2.75) is 439 Å². The quantitative estimate of drug-likeness (QED) is 0.0342. The molecule has 0 aliphatic rings. The van der Waals surface area contributed by atoms with Gasteiger partial charge in [-0.1, -0.05) is 413 Å². The molecule has 0 rings (SSSR count). The van der Waals surface area contributed by atoms with Crippen LogP contribution in [0.5, 0.6) is 0 Å². The minimum Gasteiger partial charge on any atom is -0.778 e. The molecular weight excluding hydrogens is 1080 g/mol. The van der Waals surface area contributed by atoms with Crippen LogP contribution in [0, 0.1) is 0 Å². The summed E-state index contributed by atoms with van der Waals surface area (Å²) in [5, 5.41) is 0. The fourth-order valence-corrected chi connectivity index (χ4v) is 13.8. The van der Waals surface area contributed by atoms with Gasteiger partial charge in [0.05, 0.1) is 13.2 Å². The van der Waals surface area contributed by atoms with E-state index in [4.69, 9.17) is 9.05 Å². The van der Waals surface area contributed by atoms with E-state index in [-0.39, 0.29) is 28.8 Å². The first-order valence-corrected chi connectivity index (χ1v) is 40.6. The van der Waals surface area contributed by atoms with Crippen LogP contribution in [0.15, 0.2) is 0 Å². The van der Waals surface area contributed by atoms with Gasteiger partial charge < -0.3 is 28.0 Å². The Labute approximate surface area is 520 Å². The summed E-state index contributed by atoms with van der Waals surface area (Å²) in [6.07, 6.45) is 84.8. The van der Waals surface area contributed by atoms with Crippen LogP contribution < -0.4 is 9.79 Å². The molecule has 6 nitrogen and oxygen atoms in total. The third kappa shape index (κ3) is 80.8. The van der Waals surface area contributed by atoms with Crippen molar-refractivity contribution in [1.82, 2.24) is 0 Å². The van der Waals surface area contributed by atoms with Gasteiger partial charge in [-0.3, -0.25) is 0 Å². The van der Waals surface area contributed by atoms with Crippen LogP contribution in [0.4, 0.5) is 0 Å². The van der Waals surface area contributed by atoms with Gasteiger partial charge in [0.2, 0.25) is 0 Å². The van der Waals surface area contributed by atoms with Gasteiger partial charge in [0.25, 0.3) is 0 Å². The third-order valence-corrected chi connectivity index (χ3v) is 20.0. The molecule has 0 aromatic heterocycles. The van der Waals surface area contributed by atoms with Gasteiger partial charge in [0.1, 0.15) is 15.2 Å². The van der Waals surface area contributed by atoms with Crippen LogP contribution >= 0.6 is 15.2 Å². The van der Waals surface area contributed by atoms with Crippen molar-refractivity contribution in [3.63, 3.8) is 0 Å². The summed E-state index contributed by atoms with van der Waals surface area (Å²) in [4.78, 5) is 24.3. The van der Waals surface area contributed by atoms with Crippen LogP contribution in [0.3, 0.4) is 0 Å². The summed E-state index contributed by atoms with van der Waals surface area (Å²) in [5.74, 6) is 0. The molecule has 492 valence electrons. The monoisotopic (exact) mass is 1230 g/mol. The smallest absolute Gasteiger partial charge is 0.778 e. The standard InChI is InChI=1S/2C36H75O3P.Ni/c2*1-3-5-7-9-11-13-15-17-19-21-23-25-27-29-31-33-35-39-40(37,38)36-34-32-30-28-26-24-22-20-18-16-14-12-10-8-6-4-2;/h2*3-36H2,1-2H3,(H,37,38);/q;;+2/p-2. The molecule has 9 heteroatoms. The average Bonchev–Trinajstić information content (AvgIpc) is 3.44. The molecule has 0 spiro atoms. The predicted molar refractivity (Wildman–Crippen MR) is 355 cm³/mol. The second-order valence-corrected chi connectivity index (χ2v) is 29.4. The van der Waals surface area contributed by atoms with E-state index in [1.165, 1.54) is 347 Å². The molecule has 0 saturated heterocycles. The van der Waals surface area contributed by atoms with E-state index < -0.39 is 15.2 Å². The molecular formula is C72H148NiO6P2. The molecule has 0 N–H and O–H groups in total. The van der Waals surface area contributed by atoms with Crippen molar-refractivity contribution >= 4 is 15.2 Å². The molecule has 0 bridgehead atoms. The number of unbranched alkanes of at least 4 members (excludes halogenated alkanes) is 60. The fraction of sp³-hybridized carbons (Fsp3) is 1.00. The average molecular weight is 1230 g/mol. The fourth-order valence-electron chi connectivity index (χ4n) is 11.5. The van der Waals surface area contributed by atoms with E-state index in [0.717, 1.165) is 64.2 Å². The van der Waals surface area contributed by atoms with Gasteiger partial charge in [0.15, 0.2) is 0 Å². The molecule has 0 saturated carbocycles. The zero-order chi connectivity index (χ0) is 58.5. The Hall–Kier alpha value is 0.794. The molecule has 0 heterocycles. The topological polar surface area (TPSA) is 98.7 Å². The summed E-state index contributed by atoms with van der Waals surface area (Å²) in [7, 11) is -7.24. The first-order chi connectivity index (χ1) is 39.2. The van der Waals surface area contributed by atoms with Crippen molar-refractivity contribution in [2.75, 3.05) is 25.5 Å². The molecule has 0 amide bonds. The van der Waals surface area contributed by atoms with Gasteiger partial charge in [-0.2, -0.15) is 0 Å². The van der Waals surface area contributed by atoms with Crippen molar-refractivity contribution in [2.24, 2.45) is 0 Å². The number of hydrogen-bond donors (Lipinski definition) is 0. The minimum atomic E-state index is -3.62. The molecule has 0 aliphatic heterocycles. The van der Waals surface area contributed by atoms with Crippen LogP contribution in [-0.4, -0.2) is 25.5 Å². The van der Waals surface area contributed by atoms with Gasteiger partial charge in [-0.15, -0.1) is 0 Å². The van der Waals surface area contributed by atoms with E-state index in [1.54, 1.807) is 0 Å². The molecule has 81 heavy (non-hydrogen) atoms. The molecule has 2 unspecified atom stereocenters. The maximum absolute atomic E-state index is 12.1. The van der Waals surface area contributed by atoms with Crippen LogP contribution in [0.2, 0.25) is 0 Å². The molecule has 0 radical (unpaired) electrons. The Morgan fingerprint density at radius 1 is 0.198 bits per heavy atom. The number of rotatable bonds is 70. The van der Waals surface area contributed by atoms with E-state index in [0.29, 0.717) is 13.2 Å². The van der Waals surface area contributed by atoms with Gasteiger partial charge in [0, 0.05) is 12.3 Å². The van der Waals surface area contributed by atoms with E-state index >= 15 is 0 Å². The molecule has 0 fully saturated rings. The summed E-state index contributed by atoms with van der Waals surface area (Å²) in [6, 6.07) is 0. The van der Waals surface area contributed by atoms with E-state index in [2.05, 4.69) is 27.7 Å². The van der Waals surface area contributed by atoms with Crippen LogP contribution in [0.1, 0.15) is 439 Å². The molecule has 2 atom stereocenters. The summed E-state index contributed by atoms with van der Waals surface area (Å²) >= 11 is 0. The minimum absolute atomic E-state index is 0. The Morgan fingerprint density at radius 2 is 0.309 bits per heavy atom. The first kappa shape index (κ1) is 86.0. The van der Waals surface area contributed by atoms with Crippen molar-refractivity contribution in [3.8, 4) is 0 Å². The first-order valence-electron chi connectivity index (χ1n) is 37.1. The zero-order valence-corrected chi connectivity index (χ0v) is 58.5. The Morgan fingerprint density at radius 3 is 0.444 bits per heavy atom. The second kappa shape index (κ2) is 75.0. The van der Waals surface area contributed by atoms with Crippen molar-refractivity contribution < 1.29 is 44.5 Å². The zero-order valence-electron chi connectivity index (χ0n) is 55.7. The van der Waals surface area contributed by atoms with E-state index in [1.807, 2.05) is 0 Å². The Bertz CT molecular complexity index is 1120. The van der Waals surface area contributed by atoms with Gasteiger partial charge >= 0.3 is 16.5 Å². The maximum atomic E-state index is 12.1. The molecule has 0 aliphatic carbocycles. The maximum Gasteiger partial charge on any atom is 2.00 e. The Kier molecular flexibility index (Phi) is 79.7. The van der Waals surface area contributed by atoms with Crippen molar-refractivity contribution in [3.05, 3.63) is 0 Å². The SMILES string of the molecule is CCCCCCCCCCCCCCCCCCOP(=O)([O-])CCCCCCCCCCCCCCCCCC.CCCCCCCCCCCCCCCCCCOP(=O)([O-])CCCCCCCCCCCCCCCCCC.[Ni+2]. The number of hydrogen-bond acceptors (Lipinski definition) is 6. The van der Waals surface area contributed by atoms with Crippen LogP contribution in [-0.2, 0) is 34.7 Å². The summed E-state index contributed by atoms with van der Waals surface area (Å²) < 4.78 is 34.8. The second-order valence-electron chi connectivity index (χ2n) is 25.5.